The Hall–Kier alpha value is -3.22. The SMILES string of the molecule is CC(=O)N(C(C)=O)c1ccc(N)c(O)c1.N=C1C=CC=CC1=N. The maximum absolute atomic E-state index is 11.2. The summed E-state index contributed by atoms with van der Waals surface area (Å²) >= 11 is 0. The van der Waals surface area contributed by atoms with Crippen molar-refractivity contribution in [3.8, 4) is 5.75 Å². The van der Waals surface area contributed by atoms with Crippen molar-refractivity contribution in [1.82, 2.24) is 0 Å². The number of hydrogen-bond donors (Lipinski definition) is 4. The van der Waals surface area contributed by atoms with Crippen molar-refractivity contribution >= 4 is 34.6 Å². The molecule has 1 aromatic rings. The van der Waals surface area contributed by atoms with Crippen LogP contribution in [-0.2, 0) is 9.59 Å². The Balaban J connectivity index is 0.000000277. The van der Waals surface area contributed by atoms with Crippen LogP contribution in [0.4, 0.5) is 11.4 Å². The highest BCUT2D eigenvalue weighted by atomic mass is 16.3. The molecule has 1 aliphatic carbocycles. The van der Waals surface area contributed by atoms with E-state index in [9.17, 15) is 14.7 Å². The molecule has 7 heteroatoms. The van der Waals surface area contributed by atoms with Gasteiger partial charge in [0.05, 0.1) is 22.8 Å². The normalized spacial score (nSPS) is 12.4. The average Bonchev–Trinajstić information content (AvgIpc) is 2.46. The van der Waals surface area contributed by atoms with Crippen molar-refractivity contribution < 1.29 is 14.7 Å². The van der Waals surface area contributed by atoms with Crippen LogP contribution in [0.15, 0.2) is 42.5 Å². The van der Waals surface area contributed by atoms with E-state index in [-0.39, 0.29) is 22.9 Å². The number of benzene rings is 1. The van der Waals surface area contributed by atoms with Gasteiger partial charge in [0.25, 0.3) is 0 Å². The van der Waals surface area contributed by atoms with Crippen LogP contribution in [0.1, 0.15) is 13.8 Å². The number of amides is 2. The first kappa shape index (κ1) is 17.8. The fraction of sp³-hybridized carbons (Fsp3) is 0.125. The number of nitrogens with one attached hydrogen (secondary N) is 2. The summed E-state index contributed by atoms with van der Waals surface area (Å²) in [6, 6.07) is 4.21. The van der Waals surface area contributed by atoms with E-state index in [0.29, 0.717) is 5.69 Å². The summed E-state index contributed by atoms with van der Waals surface area (Å²) in [5, 5.41) is 23.4. The van der Waals surface area contributed by atoms with Crippen LogP contribution in [0.2, 0.25) is 0 Å². The third kappa shape index (κ3) is 4.92. The van der Waals surface area contributed by atoms with Gasteiger partial charge in [0, 0.05) is 19.9 Å². The number of nitrogen functional groups attached to an aromatic ring is 1. The number of imide groups is 1. The van der Waals surface area contributed by atoms with Crippen molar-refractivity contribution in [3.05, 3.63) is 42.5 Å². The maximum atomic E-state index is 11.2. The van der Waals surface area contributed by atoms with E-state index < -0.39 is 11.8 Å². The minimum atomic E-state index is -0.410. The van der Waals surface area contributed by atoms with Crippen molar-refractivity contribution in [3.63, 3.8) is 0 Å². The fourth-order valence-electron chi connectivity index (χ4n) is 1.74. The number of hydrogen-bond acceptors (Lipinski definition) is 6. The minimum Gasteiger partial charge on any atom is -0.506 e. The Labute approximate surface area is 133 Å². The van der Waals surface area contributed by atoms with E-state index in [2.05, 4.69) is 0 Å². The minimum absolute atomic E-state index is 0.153. The molecule has 0 heterocycles. The van der Waals surface area contributed by atoms with Gasteiger partial charge in [-0.2, -0.15) is 0 Å². The van der Waals surface area contributed by atoms with Gasteiger partial charge in [-0.3, -0.25) is 25.3 Å². The Kier molecular flexibility index (Phi) is 5.96. The lowest BCUT2D eigenvalue weighted by atomic mass is 10.1. The molecule has 7 nitrogen and oxygen atoms in total. The molecule has 0 saturated heterocycles. The molecule has 0 aliphatic heterocycles. The van der Waals surface area contributed by atoms with Gasteiger partial charge in [0.15, 0.2) is 0 Å². The van der Waals surface area contributed by atoms with Crippen LogP contribution in [0.25, 0.3) is 0 Å². The topological polar surface area (TPSA) is 131 Å². The molecule has 0 aromatic heterocycles. The predicted molar refractivity (Wildman–Crippen MR) is 90.1 cm³/mol. The van der Waals surface area contributed by atoms with E-state index in [1.807, 2.05) is 0 Å². The lowest BCUT2D eigenvalue weighted by Gasteiger charge is -2.17. The second-order valence-electron chi connectivity index (χ2n) is 4.66. The predicted octanol–water partition coefficient (Wildman–Crippen LogP) is 2.03. The molecule has 0 bridgehead atoms. The summed E-state index contributed by atoms with van der Waals surface area (Å²) in [5.41, 5.74) is 6.48. The summed E-state index contributed by atoms with van der Waals surface area (Å²) in [6.07, 6.45) is 6.70. The summed E-state index contributed by atoms with van der Waals surface area (Å²) < 4.78 is 0. The van der Waals surface area contributed by atoms with Crippen LogP contribution >= 0.6 is 0 Å². The number of phenolic OH excluding ortho intramolecular Hbond substituents is 1. The van der Waals surface area contributed by atoms with E-state index in [1.165, 1.54) is 32.0 Å². The molecular weight excluding hydrogens is 296 g/mol. The van der Waals surface area contributed by atoms with Crippen molar-refractivity contribution in [2.24, 2.45) is 0 Å². The second kappa shape index (κ2) is 7.69. The molecule has 1 aromatic carbocycles. The summed E-state index contributed by atoms with van der Waals surface area (Å²) in [5.74, 6) is -0.974. The van der Waals surface area contributed by atoms with Crippen LogP contribution < -0.4 is 10.6 Å². The first-order valence-electron chi connectivity index (χ1n) is 6.66. The largest absolute Gasteiger partial charge is 0.506 e. The molecule has 0 unspecified atom stereocenters. The summed E-state index contributed by atoms with van der Waals surface area (Å²) in [7, 11) is 0. The third-order valence-electron chi connectivity index (χ3n) is 2.83. The van der Waals surface area contributed by atoms with Crippen LogP contribution in [-0.4, -0.2) is 28.3 Å². The van der Waals surface area contributed by atoms with Gasteiger partial charge in [0.2, 0.25) is 11.8 Å². The van der Waals surface area contributed by atoms with E-state index in [1.54, 1.807) is 24.3 Å². The number of carbonyl (C=O) groups excluding carboxylic acids is 2. The van der Waals surface area contributed by atoms with Gasteiger partial charge in [-0.1, -0.05) is 12.2 Å². The van der Waals surface area contributed by atoms with Gasteiger partial charge in [-0.05, 0) is 24.3 Å². The molecule has 0 atom stereocenters. The first-order valence-corrected chi connectivity index (χ1v) is 6.66. The van der Waals surface area contributed by atoms with Crippen molar-refractivity contribution in [1.29, 1.82) is 10.8 Å². The van der Waals surface area contributed by atoms with Gasteiger partial charge >= 0.3 is 0 Å². The lowest BCUT2D eigenvalue weighted by Crippen LogP contribution is -2.32. The van der Waals surface area contributed by atoms with Crippen LogP contribution in [0, 0.1) is 10.8 Å². The molecule has 2 rings (SSSR count). The maximum Gasteiger partial charge on any atom is 0.230 e. The average molecular weight is 314 g/mol. The van der Waals surface area contributed by atoms with E-state index in [4.69, 9.17) is 16.6 Å². The number of nitrogens with two attached hydrogens (primary N) is 1. The molecule has 5 N–H and O–H groups in total. The number of rotatable bonds is 1. The quantitative estimate of drug-likeness (QED) is 0.359. The molecule has 23 heavy (non-hydrogen) atoms. The number of carbonyl (C=O) groups is 2. The highest BCUT2D eigenvalue weighted by Crippen LogP contribution is 2.26. The van der Waals surface area contributed by atoms with Gasteiger partial charge in [0.1, 0.15) is 5.75 Å². The zero-order valence-electron chi connectivity index (χ0n) is 12.8. The molecule has 0 radical (unpaired) electrons. The molecule has 0 fully saturated rings. The molecular formula is C16H18N4O3. The van der Waals surface area contributed by atoms with Crippen LogP contribution in [0.5, 0.6) is 5.75 Å². The summed E-state index contributed by atoms with van der Waals surface area (Å²) in [6.45, 7) is 2.55. The molecule has 0 saturated carbocycles. The van der Waals surface area contributed by atoms with Crippen molar-refractivity contribution in [2.75, 3.05) is 10.6 Å². The number of nitrogens with zero attached hydrogens (tertiary/aromatic N) is 1. The Morgan fingerprint density at radius 1 is 1.04 bits per heavy atom. The van der Waals surface area contributed by atoms with Gasteiger partial charge < -0.3 is 10.8 Å². The van der Waals surface area contributed by atoms with Gasteiger partial charge in [-0.15, -0.1) is 0 Å². The lowest BCUT2D eigenvalue weighted by molar-refractivity contribution is -0.124. The molecule has 1 aliphatic rings. The number of phenols is 1. The molecule has 120 valence electrons. The Morgan fingerprint density at radius 2 is 1.52 bits per heavy atom. The third-order valence-corrected chi connectivity index (χ3v) is 2.83. The second-order valence-corrected chi connectivity index (χ2v) is 4.66. The highest BCUT2D eigenvalue weighted by molar-refractivity contribution is 6.48. The van der Waals surface area contributed by atoms with E-state index >= 15 is 0 Å². The smallest absolute Gasteiger partial charge is 0.230 e. The van der Waals surface area contributed by atoms with Crippen molar-refractivity contribution in [2.45, 2.75) is 13.8 Å². The standard InChI is InChI=1S/C10H12N2O3.C6H6N2/c1-6(13)12(7(2)14)8-3-4-9(11)10(15)5-8;7-5-3-1-2-4-6(5)8/h3-5,15H,11H2,1-2H3;1-4,7-8H. The zero-order valence-corrected chi connectivity index (χ0v) is 12.8. The van der Waals surface area contributed by atoms with Crippen LogP contribution in [0.3, 0.4) is 0 Å². The van der Waals surface area contributed by atoms with Gasteiger partial charge in [-0.25, -0.2) is 0 Å². The number of aromatic hydroxyl groups is 1. The fourth-order valence-corrected chi connectivity index (χ4v) is 1.74. The number of allylic oxidation sites excluding steroid dienone is 4. The number of anilines is 2. The first-order chi connectivity index (χ1) is 10.7. The Bertz CT molecular complexity index is 684. The summed E-state index contributed by atoms with van der Waals surface area (Å²) in [4.78, 5) is 23.3. The van der Waals surface area contributed by atoms with E-state index in [0.717, 1.165) is 4.90 Å². The Morgan fingerprint density at radius 3 is 1.87 bits per heavy atom. The molecule has 2 amide bonds. The monoisotopic (exact) mass is 314 g/mol. The zero-order chi connectivity index (χ0) is 17.6. The highest BCUT2D eigenvalue weighted by Gasteiger charge is 2.16. The molecule has 0 spiro atoms.